The molecule has 0 aromatic heterocycles. The van der Waals surface area contributed by atoms with Gasteiger partial charge in [-0.3, -0.25) is 19.3 Å². The van der Waals surface area contributed by atoms with Crippen LogP contribution in [0.15, 0.2) is 59.1 Å². The molecule has 0 atom stereocenters. The molecule has 152 valence electrons. The average Bonchev–Trinajstić information content (AvgIpc) is 2.74. The minimum Gasteiger partial charge on any atom is -0.347 e. The number of rotatable bonds is 5. The maximum atomic E-state index is 12.6. The van der Waals surface area contributed by atoms with Gasteiger partial charge in [-0.2, -0.15) is 0 Å². The van der Waals surface area contributed by atoms with Gasteiger partial charge in [0.2, 0.25) is 0 Å². The molecule has 0 bridgehead atoms. The lowest BCUT2D eigenvalue weighted by atomic mass is 10.2. The van der Waals surface area contributed by atoms with Crippen molar-refractivity contribution in [3.63, 3.8) is 0 Å². The molecule has 2 aromatic carbocycles. The van der Waals surface area contributed by atoms with E-state index in [-0.39, 0.29) is 5.91 Å². The molecule has 1 aliphatic heterocycles. The fourth-order valence-corrected chi connectivity index (χ4v) is 3.50. The van der Waals surface area contributed by atoms with Crippen molar-refractivity contribution in [1.82, 2.24) is 15.1 Å². The summed E-state index contributed by atoms with van der Waals surface area (Å²) in [5.41, 5.74) is 1.25. The number of piperazine rings is 1. The third-order valence-electron chi connectivity index (χ3n) is 4.68. The molecular weight excluding hydrogens is 436 g/mol. The first kappa shape index (κ1) is 21.0. The molecular formula is C21H23BrN4O3. The van der Waals surface area contributed by atoms with E-state index < -0.39 is 11.8 Å². The van der Waals surface area contributed by atoms with Gasteiger partial charge in [-0.15, -0.1) is 0 Å². The molecule has 7 nitrogen and oxygen atoms in total. The summed E-state index contributed by atoms with van der Waals surface area (Å²) in [5.74, 6) is -1.31. The summed E-state index contributed by atoms with van der Waals surface area (Å²) in [7, 11) is 0. The molecule has 0 radical (unpaired) electrons. The van der Waals surface area contributed by atoms with Crippen molar-refractivity contribution in [2.45, 2.75) is 0 Å². The molecule has 0 aliphatic carbocycles. The number of nitrogens with one attached hydrogen (secondary N) is 2. The number of amides is 3. The Morgan fingerprint density at radius 3 is 2.31 bits per heavy atom. The number of nitrogens with zero attached hydrogens (tertiary/aromatic N) is 2. The van der Waals surface area contributed by atoms with Crippen LogP contribution in [0, 0.1) is 0 Å². The lowest BCUT2D eigenvalue weighted by molar-refractivity contribution is -0.136. The van der Waals surface area contributed by atoms with Gasteiger partial charge < -0.3 is 15.5 Å². The zero-order valence-corrected chi connectivity index (χ0v) is 17.5. The maximum Gasteiger partial charge on any atom is 0.313 e. The summed E-state index contributed by atoms with van der Waals surface area (Å²) in [4.78, 5) is 40.4. The van der Waals surface area contributed by atoms with Gasteiger partial charge >= 0.3 is 11.8 Å². The molecule has 8 heteroatoms. The minimum atomic E-state index is -0.680. The van der Waals surface area contributed by atoms with E-state index in [0.717, 1.165) is 17.6 Å². The molecule has 0 spiro atoms. The fraction of sp³-hybridized carbons (Fsp3) is 0.286. The van der Waals surface area contributed by atoms with Crippen LogP contribution in [0.5, 0.6) is 0 Å². The molecule has 1 fully saturated rings. The Labute approximate surface area is 178 Å². The monoisotopic (exact) mass is 458 g/mol. The Balaban J connectivity index is 1.37. The van der Waals surface area contributed by atoms with Crippen LogP contribution in [-0.2, 0) is 9.59 Å². The number of carbonyl (C=O) groups is 3. The van der Waals surface area contributed by atoms with Gasteiger partial charge in [0.25, 0.3) is 5.91 Å². The molecule has 29 heavy (non-hydrogen) atoms. The second kappa shape index (κ2) is 10.2. The van der Waals surface area contributed by atoms with Crippen LogP contribution in [0.3, 0.4) is 0 Å². The Morgan fingerprint density at radius 1 is 0.897 bits per heavy atom. The van der Waals surface area contributed by atoms with Crippen molar-refractivity contribution in [2.75, 3.05) is 44.6 Å². The number of anilines is 1. The second-order valence-electron chi connectivity index (χ2n) is 6.72. The van der Waals surface area contributed by atoms with Crippen LogP contribution in [-0.4, -0.2) is 66.8 Å². The summed E-state index contributed by atoms with van der Waals surface area (Å²) in [5, 5.41) is 5.19. The van der Waals surface area contributed by atoms with E-state index in [4.69, 9.17) is 0 Å². The van der Waals surface area contributed by atoms with E-state index >= 15 is 0 Å². The number of halogens is 1. The molecule has 1 heterocycles. The Morgan fingerprint density at radius 2 is 1.62 bits per heavy atom. The van der Waals surface area contributed by atoms with Crippen molar-refractivity contribution in [3.05, 3.63) is 64.6 Å². The number of hydrogen-bond donors (Lipinski definition) is 2. The van der Waals surface area contributed by atoms with Crippen molar-refractivity contribution in [1.29, 1.82) is 0 Å². The molecule has 2 aromatic rings. The molecule has 1 aliphatic rings. The highest BCUT2D eigenvalue weighted by Gasteiger charge is 2.22. The van der Waals surface area contributed by atoms with E-state index in [1.165, 1.54) is 0 Å². The molecule has 0 saturated carbocycles. The lowest BCUT2D eigenvalue weighted by Gasteiger charge is -2.34. The zero-order valence-electron chi connectivity index (χ0n) is 15.9. The third-order valence-corrected chi connectivity index (χ3v) is 5.18. The number of benzene rings is 2. The van der Waals surface area contributed by atoms with E-state index in [1.54, 1.807) is 24.3 Å². The molecule has 2 N–H and O–H groups in total. The van der Waals surface area contributed by atoms with Gasteiger partial charge in [0.1, 0.15) is 0 Å². The molecule has 3 amide bonds. The lowest BCUT2D eigenvalue weighted by Crippen LogP contribution is -2.50. The Kier molecular flexibility index (Phi) is 7.37. The summed E-state index contributed by atoms with van der Waals surface area (Å²) in [6.07, 6.45) is 0. The first-order chi connectivity index (χ1) is 14.0. The first-order valence-electron chi connectivity index (χ1n) is 9.44. The van der Waals surface area contributed by atoms with E-state index in [0.29, 0.717) is 37.4 Å². The van der Waals surface area contributed by atoms with Gasteiger partial charge in [0, 0.05) is 55.0 Å². The highest BCUT2D eigenvalue weighted by atomic mass is 79.9. The zero-order chi connectivity index (χ0) is 20.6. The van der Waals surface area contributed by atoms with Gasteiger partial charge in [-0.25, -0.2) is 0 Å². The Hall–Kier alpha value is -2.71. The highest BCUT2D eigenvalue weighted by molar-refractivity contribution is 9.10. The van der Waals surface area contributed by atoms with Crippen LogP contribution >= 0.6 is 15.9 Å². The molecule has 0 unspecified atom stereocenters. The predicted molar refractivity (Wildman–Crippen MR) is 115 cm³/mol. The van der Waals surface area contributed by atoms with Gasteiger partial charge in [0.05, 0.1) is 0 Å². The van der Waals surface area contributed by atoms with Crippen molar-refractivity contribution >= 4 is 39.3 Å². The summed E-state index contributed by atoms with van der Waals surface area (Å²) in [6.45, 7) is 3.73. The number of hydrogen-bond acceptors (Lipinski definition) is 4. The first-order valence-corrected chi connectivity index (χ1v) is 10.2. The van der Waals surface area contributed by atoms with Gasteiger partial charge in [0.15, 0.2) is 0 Å². The Bertz CT molecular complexity index is 867. The quantitative estimate of drug-likeness (QED) is 0.670. The van der Waals surface area contributed by atoms with E-state index in [2.05, 4.69) is 31.5 Å². The number of para-hydroxylation sites is 1. The summed E-state index contributed by atoms with van der Waals surface area (Å²) in [6, 6.07) is 16.2. The van der Waals surface area contributed by atoms with Crippen molar-refractivity contribution in [2.24, 2.45) is 0 Å². The molecule has 3 rings (SSSR count). The van der Waals surface area contributed by atoms with Gasteiger partial charge in [-0.05, 0) is 30.3 Å². The van der Waals surface area contributed by atoms with Crippen molar-refractivity contribution in [3.8, 4) is 0 Å². The van der Waals surface area contributed by atoms with Crippen molar-refractivity contribution < 1.29 is 14.4 Å². The SMILES string of the molecule is O=C(NCCN1CCN(C(=O)c2cccc(Br)c2)CC1)C(=O)Nc1ccccc1. The van der Waals surface area contributed by atoms with Crippen LogP contribution in [0.25, 0.3) is 0 Å². The van der Waals surface area contributed by atoms with Crippen LogP contribution in [0.1, 0.15) is 10.4 Å². The van der Waals surface area contributed by atoms with E-state index in [1.807, 2.05) is 35.2 Å². The predicted octanol–water partition coefficient (Wildman–Crippen LogP) is 1.96. The fourth-order valence-electron chi connectivity index (χ4n) is 3.10. The van der Waals surface area contributed by atoms with Crippen LogP contribution in [0.2, 0.25) is 0 Å². The summed E-state index contributed by atoms with van der Waals surface area (Å²) >= 11 is 3.39. The second-order valence-corrected chi connectivity index (χ2v) is 7.64. The van der Waals surface area contributed by atoms with Gasteiger partial charge in [-0.1, -0.05) is 40.2 Å². The smallest absolute Gasteiger partial charge is 0.313 e. The van der Waals surface area contributed by atoms with E-state index in [9.17, 15) is 14.4 Å². The topological polar surface area (TPSA) is 81.8 Å². The standard InChI is InChI=1S/C21H23BrN4O3/c22-17-6-4-5-16(15-17)21(29)26-13-11-25(12-14-26)10-9-23-19(27)20(28)24-18-7-2-1-3-8-18/h1-8,15H,9-14H2,(H,23,27)(H,24,28). The average molecular weight is 459 g/mol. The highest BCUT2D eigenvalue weighted by Crippen LogP contribution is 2.14. The minimum absolute atomic E-state index is 0.0248. The number of carbonyl (C=O) groups excluding carboxylic acids is 3. The third kappa shape index (κ3) is 6.13. The normalized spacial score (nSPS) is 14.3. The summed E-state index contributed by atoms with van der Waals surface area (Å²) < 4.78 is 0.883. The largest absolute Gasteiger partial charge is 0.347 e. The molecule has 1 saturated heterocycles. The maximum absolute atomic E-state index is 12.6. The van der Waals surface area contributed by atoms with Crippen LogP contribution < -0.4 is 10.6 Å². The van der Waals surface area contributed by atoms with Crippen LogP contribution in [0.4, 0.5) is 5.69 Å².